The Balaban J connectivity index is 1.61. The van der Waals surface area contributed by atoms with Crippen molar-refractivity contribution in [3.05, 3.63) is 60.3 Å². The summed E-state index contributed by atoms with van der Waals surface area (Å²) in [6.45, 7) is 1.08. The van der Waals surface area contributed by atoms with Gasteiger partial charge in [-0.3, -0.25) is 9.78 Å². The molecule has 154 valence electrons. The summed E-state index contributed by atoms with van der Waals surface area (Å²) >= 11 is 0. The van der Waals surface area contributed by atoms with E-state index < -0.39 is 6.04 Å². The number of hydrogen-bond acceptors (Lipinski definition) is 8. The molecule has 3 heterocycles. The van der Waals surface area contributed by atoms with E-state index in [9.17, 15) is 9.18 Å². The van der Waals surface area contributed by atoms with Gasteiger partial charge in [0.05, 0.1) is 6.20 Å². The largest absolute Gasteiger partial charge is 0.368 e. The molecule has 1 amide bonds. The van der Waals surface area contributed by atoms with E-state index in [0.29, 0.717) is 42.9 Å². The Morgan fingerprint density at radius 2 is 2.03 bits per heavy atom. The molecule has 0 radical (unpaired) electrons. The van der Waals surface area contributed by atoms with Crippen LogP contribution in [0.1, 0.15) is 18.4 Å². The minimum atomic E-state index is -0.408. The van der Waals surface area contributed by atoms with Crippen molar-refractivity contribution in [3.8, 4) is 0 Å². The predicted octanol–water partition coefficient (Wildman–Crippen LogP) is 2.22. The second kappa shape index (κ2) is 8.68. The fraction of sp³-hybridized carbons (Fsp3) is 0.250. The normalized spacial score (nSPS) is 15.8. The third-order valence-corrected chi connectivity index (χ3v) is 4.77. The molecule has 1 aliphatic rings. The molecule has 0 spiro atoms. The smallest absolute Gasteiger partial charge is 0.240 e. The highest BCUT2D eigenvalue weighted by atomic mass is 19.1. The standard InChI is InChI=1S/C20H21FN8O/c21-14-5-3-13(4-6-14)11-25-20-27-16(26-17-12-23-7-8-24-17)10-18(28-20)29-9-1-2-15(29)19(22)30/h3-8,10,12,15H,1-2,9,11H2,(H2,22,30)(H2,24,25,26,27,28)/t15-/m0/s1. The summed E-state index contributed by atoms with van der Waals surface area (Å²) in [7, 11) is 0. The first-order valence-electron chi connectivity index (χ1n) is 9.55. The first kappa shape index (κ1) is 19.5. The van der Waals surface area contributed by atoms with E-state index in [-0.39, 0.29) is 11.7 Å². The Labute approximate surface area is 172 Å². The first-order valence-corrected chi connectivity index (χ1v) is 9.55. The molecule has 4 N–H and O–H groups in total. The van der Waals surface area contributed by atoms with Crippen LogP contribution in [0.25, 0.3) is 0 Å². The quantitative estimate of drug-likeness (QED) is 0.544. The second-order valence-corrected chi connectivity index (χ2v) is 6.88. The number of carbonyl (C=O) groups excluding carboxylic acids is 1. The number of aromatic nitrogens is 4. The summed E-state index contributed by atoms with van der Waals surface area (Å²) in [5.41, 5.74) is 6.45. The molecule has 0 unspecified atom stereocenters. The molecule has 2 aromatic heterocycles. The summed E-state index contributed by atoms with van der Waals surface area (Å²) in [5.74, 6) is 1.30. The SMILES string of the molecule is NC(=O)[C@@H]1CCCN1c1cc(Nc2cnccn2)nc(NCc2ccc(F)cc2)n1. The van der Waals surface area contributed by atoms with Crippen LogP contribution in [0.4, 0.5) is 27.8 Å². The van der Waals surface area contributed by atoms with Crippen LogP contribution < -0.4 is 21.3 Å². The van der Waals surface area contributed by atoms with E-state index in [4.69, 9.17) is 5.73 Å². The fourth-order valence-electron chi connectivity index (χ4n) is 3.34. The van der Waals surface area contributed by atoms with Crippen LogP contribution in [0.2, 0.25) is 0 Å². The molecule has 30 heavy (non-hydrogen) atoms. The Bertz CT molecular complexity index is 1020. The van der Waals surface area contributed by atoms with Crippen molar-refractivity contribution in [2.24, 2.45) is 5.73 Å². The maximum Gasteiger partial charge on any atom is 0.240 e. The van der Waals surface area contributed by atoms with Crippen LogP contribution in [0.15, 0.2) is 48.9 Å². The van der Waals surface area contributed by atoms with E-state index in [2.05, 4.69) is 30.6 Å². The highest BCUT2D eigenvalue weighted by Crippen LogP contribution is 2.27. The summed E-state index contributed by atoms with van der Waals surface area (Å²) in [5, 5.41) is 6.25. The Morgan fingerprint density at radius 1 is 1.20 bits per heavy atom. The minimum absolute atomic E-state index is 0.293. The van der Waals surface area contributed by atoms with Crippen LogP contribution >= 0.6 is 0 Å². The molecule has 3 aromatic rings. The Hall–Kier alpha value is -3.82. The lowest BCUT2D eigenvalue weighted by atomic mass is 10.2. The average molecular weight is 408 g/mol. The Kier molecular flexibility index (Phi) is 5.64. The molecule has 1 saturated heterocycles. The fourth-order valence-corrected chi connectivity index (χ4v) is 3.34. The number of benzene rings is 1. The van der Waals surface area contributed by atoms with Gasteiger partial charge in [0, 0.05) is 31.5 Å². The molecular weight excluding hydrogens is 387 g/mol. The predicted molar refractivity (Wildman–Crippen MR) is 111 cm³/mol. The minimum Gasteiger partial charge on any atom is -0.368 e. The van der Waals surface area contributed by atoms with Crippen LogP contribution in [-0.2, 0) is 11.3 Å². The van der Waals surface area contributed by atoms with Gasteiger partial charge in [0.1, 0.15) is 29.3 Å². The number of amides is 1. The van der Waals surface area contributed by atoms with E-state index in [1.54, 1.807) is 36.8 Å². The number of halogens is 1. The van der Waals surface area contributed by atoms with Gasteiger partial charge in [-0.2, -0.15) is 9.97 Å². The zero-order valence-corrected chi connectivity index (χ0v) is 16.1. The van der Waals surface area contributed by atoms with Crippen LogP contribution in [-0.4, -0.2) is 38.4 Å². The molecule has 9 nitrogen and oxygen atoms in total. The number of carbonyl (C=O) groups is 1. The number of anilines is 4. The number of hydrogen-bond donors (Lipinski definition) is 3. The molecule has 4 rings (SSSR count). The lowest BCUT2D eigenvalue weighted by molar-refractivity contribution is -0.119. The van der Waals surface area contributed by atoms with E-state index in [1.807, 2.05) is 4.90 Å². The van der Waals surface area contributed by atoms with E-state index in [1.165, 1.54) is 12.1 Å². The van der Waals surface area contributed by atoms with E-state index in [0.717, 1.165) is 12.0 Å². The number of nitrogens with one attached hydrogen (secondary N) is 2. The average Bonchev–Trinajstić information content (AvgIpc) is 3.24. The highest BCUT2D eigenvalue weighted by molar-refractivity contribution is 5.84. The van der Waals surface area contributed by atoms with Crippen molar-refractivity contribution in [1.82, 2.24) is 19.9 Å². The number of nitrogens with zero attached hydrogens (tertiary/aromatic N) is 5. The van der Waals surface area contributed by atoms with Gasteiger partial charge in [0.15, 0.2) is 0 Å². The molecule has 10 heteroatoms. The monoisotopic (exact) mass is 408 g/mol. The maximum atomic E-state index is 13.1. The zero-order valence-electron chi connectivity index (χ0n) is 16.1. The summed E-state index contributed by atoms with van der Waals surface area (Å²) in [6, 6.07) is 7.52. The van der Waals surface area contributed by atoms with Crippen LogP contribution in [0, 0.1) is 5.82 Å². The van der Waals surface area contributed by atoms with Crippen molar-refractivity contribution in [2.45, 2.75) is 25.4 Å². The van der Waals surface area contributed by atoms with Gasteiger partial charge in [0.25, 0.3) is 0 Å². The van der Waals surface area contributed by atoms with Crippen molar-refractivity contribution >= 4 is 29.3 Å². The van der Waals surface area contributed by atoms with Gasteiger partial charge in [-0.05, 0) is 30.5 Å². The second-order valence-electron chi connectivity index (χ2n) is 6.88. The van der Waals surface area contributed by atoms with Gasteiger partial charge in [-0.1, -0.05) is 12.1 Å². The van der Waals surface area contributed by atoms with Crippen molar-refractivity contribution in [1.29, 1.82) is 0 Å². The van der Waals surface area contributed by atoms with Crippen LogP contribution in [0.5, 0.6) is 0 Å². The van der Waals surface area contributed by atoms with Gasteiger partial charge < -0.3 is 21.3 Å². The van der Waals surface area contributed by atoms with Crippen molar-refractivity contribution < 1.29 is 9.18 Å². The topological polar surface area (TPSA) is 122 Å². The zero-order chi connectivity index (χ0) is 20.9. The molecule has 1 aromatic carbocycles. The molecule has 1 fully saturated rings. The molecule has 1 atom stereocenters. The van der Waals surface area contributed by atoms with Gasteiger partial charge in [-0.15, -0.1) is 0 Å². The van der Waals surface area contributed by atoms with Gasteiger partial charge in [-0.25, -0.2) is 9.37 Å². The maximum absolute atomic E-state index is 13.1. The highest BCUT2D eigenvalue weighted by Gasteiger charge is 2.30. The van der Waals surface area contributed by atoms with Crippen LogP contribution in [0.3, 0.4) is 0 Å². The lowest BCUT2D eigenvalue weighted by Crippen LogP contribution is -2.40. The van der Waals surface area contributed by atoms with Gasteiger partial charge in [0.2, 0.25) is 11.9 Å². The Morgan fingerprint density at radius 3 is 2.77 bits per heavy atom. The molecular formula is C20H21FN8O. The van der Waals surface area contributed by atoms with E-state index >= 15 is 0 Å². The molecule has 0 saturated carbocycles. The molecule has 1 aliphatic heterocycles. The number of rotatable bonds is 7. The number of primary amides is 1. The van der Waals surface area contributed by atoms with Crippen molar-refractivity contribution in [2.75, 3.05) is 22.1 Å². The molecule has 0 aliphatic carbocycles. The first-order chi connectivity index (χ1) is 14.6. The summed E-state index contributed by atoms with van der Waals surface area (Å²) < 4.78 is 13.1. The summed E-state index contributed by atoms with van der Waals surface area (Å²) in [6.07, 6.45) is 6.26. The van der Waals surface area contributed by atoms with Crippen molar-refractivity contribution in [3.63, 3.8) is 0 Å². The summed E-state index contributed by atoms with van der Waals surface area (Å²) in [4.78, 5) is 31.0. The third-order valence-electron chi connectivity index (χ3n) is 4.77. The number of nitrogens with two attached hydrogens (primary N) is 1. The molecule has 0 bridgehead atoms. The lowest BCUT2D eigenvalue weighted by Gasteiger charge is -2.24. The van der Waals surface area contributed by atoms with Gasteiger partial charge >= 0.3 is 0 Å². The third kappa shape index (κ3) is 4.59.